The number of benzene rings is 1. The van der Waals surface area contributed by atoms with Gasteiger partial charge in [-0.25, -0.2) is 0 Å². The molecule has 0 saturated heterocycles. The molecule has 0 unspecified atom stereocenters. The van der Waals surface area contributed by atoms with Gasteiger partial charge in [0.2, 0.25) is 0 Å². The van der Waals surface area contributed by atoms with Crippen molar-refractivity contribution < 1.29 is 9.47 Å². The van der Waals surface area contributed by atoms with Crippen LogP contribution in [0.4, 0.5) is 5.69 Å². The second-order valence-corrected chi connectivity index (χ2v) is 3.74. The molecule has 0 aliphatic carbocycles. The van der Waals surface area contributed by atoms with Gasteiger partial charge < -0.3 is 14.8 Å². The molecule has 0 bridgehead atoms. The van der Waals surface area contributed by atoms with E-state index in [0.717, 1.165) is 37.6 Å². The second-order valence-electron chi connectivity index (χ2n) is 3.74. The topological polar surface area (TPSA) is 30.5 Å². The molecule has 0 aliphatic rings. The van der Waals surface area contributed by atoms with Crippen LogP contribution >= 0.6 is 0 Å². The zero-order valence-corrected chi connectivity index (χ0v) is 10.4. The van der Waals surface area contributed by atoms with Crippen molar-refractivity contribution in [1.29, 1.82) is 0 Å². The molecule has 0 saturated carbocycles. The van der Waals surface area contributed by atoms with E-state index in [0.29, 0.717) is 0 Å². The molecular formula is C13H21NO2. The van der Waals surface area contributed by atoms with Crippen LogP contribution in [-0.2, 0) is 4.74 Å². The maximum absolute atomic E-state index is 5.40. The number of nitrogens with one attached hydrogen (secondary N) is 1. The minimum atomic E-state index is 0.727. The first-order chi connectivity index (χ1) is 7.77. The van der Waals surface area contributed by atoms with Crippen molar-refractivity contribution in [3.05, 3.63) is 23.8 Å². The van der Waals surface area contributed by atoms with Gasteiger partial charge in [0.25, 0.3) is 0 Å². The summed E-state index contributed by atoms with van der Waals surface area (Å²) in [6.07, 6.45) is 1.06. The molecule has 0 heterocycles. The molecule has 0 atom stereocenters. The summed E-state index contributed by atoms with van der Waals surface area (Å²) in [5, 5.41) is 3.31. The maximum Gasteiger partial charge on any atom is 0.141 e. The Balaban J connectivity index is 2.42. The zero-order valence-electron chi connectivity index (χ0n) is 10.4. The highest BCUT2D eigenvalue weighted by Crippen LogP contribution is 2.24. The molecule has 1 N–H and O–H groups in total. The van der Waals surface area contributed by atoms with Crippen LogP contribution in [0.1, 0.15) is 18.9 Å². The highest BCUT2D eigenvalue weighted by molar-refractivity contribution is 5.57. The summed E-state index contributed by atoms with van der Waals surface area (Å²) in [5.74, 6) is 0.876. The van der Waals surface area contributed by atoms with Gasteiger partial charge >= 0.3 is 0 Å². The first-order valence-corrected chi connectivity index (χ1v) is 5.74. The number of ether oxygens (including phenoxy) is 2. The lowest BCUT2D eigenvalue weighted by molar-refractivity contribution is 0.144. The van der Waals surface area contributed by atoms with E-state index in [1.54, 1.807) is 7.11 Å². The third-order valence-corrected chi connectivity index (χ3v) is 2.27. The molecular weight excluding hydrogens is 202 g/mol. The van der Waals surface area contributed by atoms with Crippen molar-refractivity contribution in [2.24, 2.45) is 0 Å². The van der Waals surface area contributed by atoms with Gasteiger partial charge in [0.05, 0.1) is 19.4 Å². The van der Waals surface area contributed by atoms with Crippen molar-refractivity contribution in [2.75, 3.05) is 32.2 Å². The van der Waals surface area contributed by atoms with Gasteiger partial charge in [-0.2, -0.15) is 0 Å². The fourth-order valence-electron chi connectivity index (χ4n) is 1.46. The summed E-state index contributed by atoms with van der Waals surface area (Å²) in [7, 11) is 1.68. The Morgan fingerprint density at radius 1 is 1.25 bits per heavy atom. The van der Waals surface area contributed by atoms with E-state index in [4.69, 9.17) is 9.47 Å². The Hall–Kier alpha value is -1.22. The summed E-state index contributed by atoms with van der Waals surface area (Å²) < 4.78 is 10.7. The monoisotopic (exact) mass is 223 g/mol. The van der Waals surface area contributed by atoms with E-state index in [1.165, 1.54) is 5.56 Å². The van der Waals surface area contributed by atoms with Gasteiger partial charge in [0.15, 0.2) is 0 Å². The molecule has 3 nitrogen and oxygen atoms in total. The van der Waals surface area contributed by atoms with Crippen molar-refractivity contribution in [3.63, 3.8) is 0 Å². The average Bonchev–Trinajstić information content (AvgIpc) is 2.29. The first kappa shape index (κ1) is 12.8. The van der Waals surface area contributed by atoms with E-state index in [2.05, 4.69) is 25.2 Å². The molecule has 0 radical (unpaired) electrons. The highest BCUT2D eigenvalue weighted by atomic mass is 16.5. The molecule has 1 aromatic carbocycles. The van der Waals surface area contributed by atoms with Gasteiger partial charge in [-0.1, -0.05) is 13.0 Å². The lowest BCUT2D eigenvalue weighted by Crippen LogP contribution is -2.10. The zero-order chi connectivity index (χ0) is 11.8. The van der Waals surface area contributed by atoms with Crippen molar-refractivity contribution in [1.82, 2.24) is 0 Å². The van der Waals surface area contributed by atoms with Crippen LogP contribution in [-0.4, -0.2) is 26.9 Å². The van der Waals surface area contributed by atoms with Crippen LogP contribution in [0.15, 0.2) is 18.2 Å². The Morgan fingerprint density at radius 3 is 2.75 bits per heavy atom. The number of hydrogen-bond acceptors (Lipinski definition) is 3. The molecule has 0 aliphatic heterocycles. The molecule has 0 aromatic heterocycles. The Labute approximate surface area is 97.8 Å². The summed E-state index contributed by atoms with van der Waals surface area (Å²) >= 11 is 0. The van der Waals surface area contributed by atoms with E-state index in [-0.39, 0.29) is 0 Å². The van der Waals surface area contributed by atoms with Gasteiger partial charge in [-0.05, 0) is 31.0 Å². The number of anilines is 1. The van der Waals surface area contributed by atoms with E-state index in [1.807, 2.05) is 12.1 Å². The molecule has 0 amide bonds. The van der Waals surface area contributed by atoms with Crippen LogP contribution in [0.5, 0.6) is 5.75 Å². The number of hydrogen-bond donors (Lipinski definition) is 1. The standard InChI is InChI=1S/C13H21NO2/c1-4-8-16-9-7-14-12-10-11(2)5-6-13(12)15-3/h5-6,10,14H,4,7-9H2,1-3H3. The van der Waals surface area contributed by atoms with Gasteiger partial charge in [0.1, 0.15) is 5.75 Å². The number of aryl methyl sites for hydroxylation is 1. The molecule has 16 heavy (non-hydrogen) atoms. The molecule has 90 valence electrons. The van der Waals surface area contributed by atoms with Crippen LogP contribution in [0.2, 0.25) is 0 Å². The largest absolute Gasteiger partial charge is 0.495 e. The lowest BCUT2D eigenvalue weighted by Gasteiger charge is -2.11. The van der Waals surface area contributed by atoms with Crippen molar-refractivity contribution in [3.8, 4) is 5.75 Å². The van der Waals surface area contributed by atoms with Crippen molar-refractivity contribution in [2.45, 2.75) is 20.3 Å². The van der Waals surface area contributed by atoms with Gasteiger partial charge in [-0.3, -0.25) is 0 Å². The third-order valence-electron chi connectivity index (χ3n) is 2.27. The minimum absolute atomic E-state index is 0.727. The Morgan fingerprint density at radius 2 is 2.06 bits per heavy atom. The van der Waals surface area contributed by atoms with Gasteiger partial charge in [-0.15, -0.1) is 0 Å². The maximum atomic E-state index is 5.40. The quantitative estimate of drug-likeness (QED) is 0.721. The fourth-order valence-corrected chi connectivity index (χ4v) is 1.46. The van der Waals surface area contributed by atoms with Crippen LogP contribution < -0.4 is 10.1 Å². The molecule has 0 spiro atoms. The SMILES string of the molecule is CCCOCCNc1cc(C)ccc1OC. The van der Waals surface area contributed by atoms with E-state index < -0.39 is 0 Å². The summed E-state index contributed by atoms with van der Waals surface area (Å²) in [5.41, 5.74) is 2.25. The highest BCUT2D eigenvalue weighted by Gasteiger charge is 2.01. The lowest BCUT2D eigenvalue weighted by atomic mass is 10.2. The molecule has 3 heteroatoms. The normalized spacial score (nSPS) is 10.2. The van der Waals surface area contributed by atoms with E-state index >= 15 is 0 Å². The summed E-state index contributed by atoms with van der Waals surface area (Å²) in [6.45, 7) is 6.53. The Kier molecular flexibility index (Phi) is 5.72. The van der Waals surface area contributed by atoms with Crippen molar-refractivity contribution >= 4 is 5.69 Å². The number of methoxy groups -OCH3 is 1. The molecule has 0 fully saturated rings. The van der Waals surface area contributed by atoms with Crippen LogP contribution in [0.25, 0.3) is 0 Å². The second kappa shape index (κ2) is 7.12. The van der Waals surface area contributed by atoms with E-state index in [9.17, 15) is 0 Å². The van der Waals surface area contributed by atoms with Crippen LogP contribution in [0.3, 0.4) is 0 Å². The summed E-state index contributed by atoms with van der Waals surface area (Å²) in [6, 6.07) is 6.10. The molecule has 1 rings (SSSR count). The van der Waals surface area contributed by atoms with Gasteiger partial charge in [0, 0.05) is 13.2 Å². The summed E-state index contributed by atoms with van der Waals surface area (Å²) in [4.78, 5) is 0. The predicted octanol–water partition coefficient (Wildman–Crippen LogP) is 2.84. The molecule has 1 aromatic rings. The fraction of sp³-hybridized carbons (Fsp3) is 0.538. The smallest absolute Gasteiger partial charge is 0.141 e. The minimum Gasteiger partial charge on any atom is -0.495 e. The third kappa shape index (κ3) is 4.11. The predicted molar refractivity (Wildman–Crippen MR) is 67.3 cm³/mol. The number of rotatable bonds is 7. The Bertz CT molecular complexity index is 313. The average molecular weight is 223 g/mol. The first-order valence-electron chi connectivity index (χ1n) is 5.74. The van der Waals surface area contributed by atoms with Crippen LogP contribution in [0, 0.1) is 6.92 Å².